The normalized spacial score (nSPS) is 11.7. The van der Waals surface area contributed by atoms with E-state index in [1.165, 1.54) is 17.8 Å². The number of hydrogen-bond donors (Lipinski definition) is 4. The Morgan fingerprint density at radius 3 is 2.50 bits per heavy atom. The van der Waals surface area contributed by atoms with Gasteiger partial charge in [-0.05, 0) is 48.9 Å². The lowest BCUT2D eigenvalue weighted by Gasteiger charge is -2.18. The van der Waals surface area contributed by atoms with E-state index in [9.17, 15) is 25.4 Å². The third kappa shape index (κ3) is 5.52. The van der Waals surface area contributed by atoms with E-state index >= 15 is 0 Å². The molecule has 196 valence electrons. The van der Waals surface area contributed by atoms with Crippen LogP contribution in [-0.2, 0) is 4.74 Å². The van der Waals surface area contributed by atoms with Crippen molar-refractivity contribution in [3.8, 4) is 23.3 Å². The summed E-state index contributed by atoms with van der Waals surface area (Å²) in [5.41, 5.74) is 3.00. The Hall–Kier alpha value is -4.63. The average Bonchev–Trinajstić information content (AvgIpc) is 3.27. The molecule has 0 radical (unpaired) electrons. The fourth-order valence-electron chi connectivity index (χ4n) is 3.78. The van der Waals surface area contributed by atoms with Crippen LogP contribution >= 0.6 is 0 Å². The molecule has 38 heavy (non-hydrogen) atoms. The molecule has 0 aliphatic rings. The van der Waals surface area contributed by atoms with Gasteiger partial charge in [-0.2, -0.15) is 10.4 Å². The van der Waals surface area contributed by atoms with E-state index < -0.39 is 24.8 Å². The van der Waals surface area contributed by atoms with E-state index in [2.05, 4.69) is 16.5 Å². The number of anilines is 2. The summed E-state index contributed by atoms with van der Waals surface area (Å²) in [7, 11) is 1.30. The summed E-state index contributed by atoms with van der Waals surface area (Å²) >= 11 is 0. The monoisotopic (exact) mass is 518 g/mol. The smallest absolute Gasteiger partial charge is 0.339 e. The molecular formula is C27H26N4O7. The van der Waals surface area contributed by atoms with Crippen LogP contribution in [0.4, 0.5) is 11.4 Å². The molecule has 0 saturated carbocycles. The molecule has 1 atom stereocenters. The van der Waals surface area contributed by atoms with Crippen LogP contribution in [0, 0.1) is 24.2 Å². The lowest BCUT2D eigenvalue weighted by molar-refractivity contribution is -0.106. The molecule has 11 nitrogen and oxygen atoms in total. The number of carbonyl (C=O) groups is 1. The van der Waals surface area contributed by atoms with Crippen LogP contribution in [0.15, 0.2) is 60.9 Å². The van der Waals surface area contributed by atoms with Crippen molar-refractivity contribution in [3.05, 3.63) is 77.6 Å². The van der Waals surface area contributed by atoms with Crippen molar-refractivity contribution >= 4 is 22.9 Å². The summed E-state index contributed by atoms with van der Waals surface area (Å²) in [6.07, 6.45) is 1.27. The predicted molar refractivity (Wildman–Crippen MR) is 137 cm³/mol. The molecule has 4 aromatic rings. The molecular weight excluding hydrogens is 492 g/mol. The zero-order valence-corrected chi connectivity index (χ0v) is 20.7. The molecule has 0 amide bonds. The Morgan fingerprint density at radius 2 is 1.87 bits per heavy atom. The maximum Gasteiger partial charge on any atom is 0.339 e. The van der Waals surface area contributed by atoms with E-state index in [-0.39, 0.29) is 6.61 Å². The number of esters is 1. The molecule has 0 saturated heterocycles. The SMILES string of the molecule is COC(=O)c1cn2ncc(C#N)c(Nc3ccc(Oc4ccccc4OCC(CO)C(O)O)cc3)c2c1C. The summed E-state index contributed by atoms with van der Waals surface area (Å²) in [6.45, 7) is 1.20. The van der Waals surface area contributed by atoms with Gasteiger partial charge in [-0.15, -0.1) is 0 Å². The topological polar surface area (TPSA) is 159 Å². The Kier molecular flexibility index (Phi) is 8.08. The molecule has 4 N–H and O–H groups in total. The Morgan fingerprint density at radius 1 is 1.16 bits per heavy atom. The minimum absolute atomic E-state index is 0.115. The number of rotatable bonds is 10. The number of hydrogen-bond acceptors (Lipinski definition) is 10. The van der Waals surface area contributed by atoms with Gasteiger partial charge in [0.1, 0.15) is 11.8 Å². The largest absolute Gasteiger partial charge is 0.489 e. The van der Waals surface area contributed by atoms with Gasteiger partial charge < -0.3 is 34.8 Å². The van der Waals surface area contributed by atoms with Gasteiger partial charge in [0.25, 0.3) is 0 Å². The standard InChI is InChI=1S/C27H26N4O7/c1-16-21(27(35)36-2)13-31-25(16)24(17(11-28)12-29-31)30-19-7-9-20(10-8-19)38-23-6-4-3-5-22(23)37-15-18(14-32)26(33)34/h3-10,12-13,18,26,30,32-34H,14-15H2,1-2H3. The van der Waals surface area contributed by atoms with Gasteiger partial charge >= 0.3 is 5.97 Å². The van der Waals surface area contributed by atoms with Crippen LogP contribution in [0.3, 0.4) is 0 Å². The number of methoxy groups -OCH3 is 1. The number of carbonyl (C=O) groups excluding carboxylic acids is 1. The Balaban J connectivity index is 1.56. The third-order valence-corrected chi connectivity index (χ3v) is 5.89. The van der Waals surface area contributed by atoms with Crippen LogP contribution < -0.4 is 14.8 Å². The molecule has 2 heterocycles. The van der Waals surface area contributed by atoms with E-state index in [0.717, 1.165) is 0 Å². The minimum atomic E-state index is -1.71. The highest BCUT2D eigenvalue weighted by atomic mass is 16.5. The lowest BCUT2D eigenvalue weighted by atomic mass is 10.1. The van der Waals surface area contributed by atoms with Gasteiger partial charge in [0, 0.05) is 11.9 Å². The quantitative estimate of drug-likeness (QED) is 0.181. The highest BCUT2D eigenvalue weighted by molar-refractivity contribution is 5.97. The third-order valence-electron chi connectivity index (χ3n) is 5.89. The molecule has 1 unspecified atom stereocenters. The zero-order chi connectivity index (χ0) is 27.2. The van der Waals surface area contributed by atoms with Gasteiger partial charge in [0.2, 0.25) is 0 Å². The van der Waals surface area contributed by atoms with Crippen LogP contribution in [-0.4, -0.2) is 57.5 Å². The van der Waals surface area contributed by atoms with Crippen LogP contribution in [0.2, 0.25) is 0 Å². The molecule has 11 heteroatoms. The first kappa shape index (κ1) is 26.4. The van der Waals surface area contributed by atoms with Gasteiger partial charge in [0.15, 0.2) is 17.8 Å². The molecule has 4 rings (SSSR count). The number of aromatic nitrogens is 2. The van der Waals surface area contributed by atoms with Crippen molar-refractivity contribution in [2.75, 3.05) is 25.6 Å². The Labute approximate surface area is 218 Å². The highest BCUT2D eigenvalue weighted by Crippen LogP contribution is 2.34. The minimum Gasteiger partial charge on any atom is -0.489 e. The molecule has 0 fully saturated rings. The molecule has 0 aliphatic heterocycles. The van der Waals surface area contributed by atoms with Crippen molar-refractivity contribution in [2.24, 2.45) is 5.92 Å². The summed E-state index contributed by atoms with van der Waals surface area (Å²) in [6, 6.07) is 16.0. The van der Waals surface area contributed by atoms with E-state index in [1.54, 1.807) is 61.7 Å². The number of ether oxygens (including phenoxy) is 3. The number of aliphatic hydroxyl groups is 3. The van der Waals surface area contributed by atoms with Crippen LogP contribution in [0.5, 0.6) is 17.2 Å². The first-order valence-electron chi connectivity index (χ1n) is 11.6. The molecule has 0 bridgehead atoms. The summed E-state index contributed by atoms with van der Waals surface area (Å²) in [5, 5.41) is 45.0. The first-order valence-corrected chi connectivity index (χ1v) is 11.6. The summed E-state index contributed by atoms with van der Waals surface area (Å²) in [4.78, 5) is 12.2. The fourth-order valence-corrected chi connectivity index (χ4v) is 3.78. The number of aryl methyl sites for hydroxylation is 1. The Bertz CT molecular complexity index is 1480. The first-order chi connectivity index (χ1) is 18.4. The van der Waals surface area contributed by atoms with Crippen LogP contribution in [0.25, 0.3) is 5.52 Å². The number of fused-ring (bicyclic) bond motifs is 1. The van der Waals surface area contributed by atoms with Crippen molar-refractivity contribution < 1.29 is 34.3 Å². The van der Waals surface area contributed by atoms with E-state index in [4.69, 9.17) is 14.2 Å². The second-order valence-electron chi connectivity index (χ2n) is 8.36. The van der Waals surface area contributed by atoms with Crippen molar-refractivity contribution in [1.29, 1.82) is 5.26 Å². The van der Waals surface area contributed by atoms with E-state index in [0.29, 0.717) is 50.8 Å². The second-order valence-corrected chi connectivity index (χ2v) is 8.36. The second kappa shape index (κ2) is 11.6. The van der Waals surface area contributed by atoms with Crippen LogP contribution in [0.1, 0.15) is 21.5 Å². The van der Waals surface area contributed by atoms with Crippen molar-refractivity contribution in [3.63, 3.8) is 0 Å². The maximum atomic E-state index is 12.2. The molecule has 2 aromatic heterocycles. The summed E-state index contributed by atoms with van der Waals surface area (Å²) in [5.74, 6) is -0.0856. The molecule has 0 aliphatic carbocycles. The van der Waals surface area contributed by atoms with Gasteiger partial charge in [0.05, 0.1) is 54.8 Å². The number of aliphatic hydroxyl groups excluding tert-OH is 2. The molecule has 2 aromatic carbocycles. The zero-order valence-electron chi connectivity index (χ0n) is 20.7. The maximum absolute atomic E-state index is 12.2. The van der Waals surface area contributed by atoms with Crippen molar-refractivity contribution in [2.45, 2.75) is 13.2 Å². The lowest BCUT2D eigenvalue weighted by Crippen LogP contribution is -2.29. The fraction of sp³-hybridized carbons (Fsp3) is 0.222. The predicted octanol–water partition coefficient (Wildman–Crippen LogP) is 3.13. The number of benzene rings is 2. The van der Waals surface area contributed by atoms with Gasteiger partial charge in [-0.1, -0.05) is 12.1 Å². The number of nitrogens with one attached hydrogen (secondary N) is 1. The molecule has 0 spiro atoms. The van der Waals surface area contributed by atoms with Crippen molar-refractivity contribution in [1.82, 2.24) is 9.61 Å². The van der Waals surface area contributed by atoms with Gasteiger partial charge in [-0.25, -0.2) is 9.31 Å². The highest BCUT2D eigenvalue weighted by Gasteiger charge is 2.20. The van der Waals surface area contributed by atoms with Gasteiger partial charge in [-0.3, -0.25) is 0 Å². The number of para-hydroxylation sites is 2. The van der Waals surface area contributed by atoms with E-state index in [1.807, 2.05) is 0 Å². The number of nitrogens with zero attached hydrogens (tertiary/aromatic N) is 3. The summed E-state index contributed by atoms with van der Waals surface area (Å²) < 4.78 is 18.0. The number of nitriles is 1. The average molecular weight is 519 g/mol.